The van der Waals surface area contributed by atoms with E-state index in [-0.39, 0.29) is 11.9 Å². The van der Waals surface area contributed by atoms with Crippen molar-refractivity contribution in [2.45, 2.75) is 31.7 Å². The molecule has 0 spiro atoms. The molecular weight excluding hydrogens is 274 g/mol. The minimum Gasteiger partial charge on any atom is -0.288 e. The summed E-state index contributed by atoms with van der Waals surface area (Å²) in [6, 6.07) is 8.28. The minimum absolute atomic E-state index is 0.109. The Kier molecular flexibility index (Phi) is 4.79. The van der Waals surface area contributed by atoms with Gasteiger partial charge in [-0.15, -0.1) is 11.8 Å². The lowest BCUT2D eigenvalue weighted by Gasteiger charge is -2.01. The van der Waals surface area contributed by atoms with Gasteiger partial charge in [0, 0.05) is 4.90 Å². The Bertz CT molecular complexity index is 578. The van der Waals surface area contributed by atoms with Crippen LogP contribution in [0.15, 0.2) is 39.9 Å². The highest BCUT2D eigenvalue weighted by molar-refractivity contribution is 8.00. The number of rotatable bonds is 5. The van der Waals surface area contributed by atoms with Gasteiger partial charge in [-0.2, -0.15) is 0 Å². The van der Waals surface area contributed by atoms with Gasteiger partial charge < -0.3 is 0 Å². The summed E-state index contributed by atoms with van der Waals surface area (Å²) in [5.41, 5.74) is 1.21. The molecule has 0 aliphatic carbocycles. The predicted octanol–water partition coefficient (Wildman–Crippen LogP) is 2.58. The van der Waals surface area contributed by atoms with E-state index in [9.17, 15) is 4.79 Å². The van der Waals surface area contributed by atoms with Crippen molar-refractivity contribution in [3.63, 3.8) is 0 Å². The van der Waals surface area contributed by atoms with Gasteiger partial charge in [0.25, 0.3) is 6.20 Å². The Morgan fingerprint density at radius 3 is 2.70 bits per heavy atom. The second-order valence-electron chi connectivity index (χ2n) is 4.79. The molecule has 106 valence electrons. The number of aryl methyl sites for hydroxylation is 1. The Morgan fingerprint density at radius 1 is 1.40 bits per heavy atom. The van der Waals surface area contributed by atoms with Crippen LogP contribution in [0.25, 0.3) is 0 Å². The first-order valence-corrected chi connectivity index (χ1v) is 7.40. The van der Waals surface area contributed by atoms with Crippen molar-refractivity contribution in [1.82, 2.24) is 5.27 Å². The smallest absolute Gasteiger partial charge is 0.288 e. The molecule has 6 heteroatoms. The van der Waals surface area contributed by atoms with E-state index >= 15 is 0 Å². The number of amides is 1. The number of hydrogen-bond acceptors (Lipinski definition) is 4. The summed E-state index contributed by atoms with van der Waals surface area (Å²) in [5.74, 6) is 0.599. The van der Waals surface area contributed by atoms with E-state index in [4.69, 9.17) is 4.52 Å². The molecule has 0 atom stereocenters. The molecule has 20 heavy (non-hydrogen) atoms. The lowest BCUT2D eigenvalue weighted by atomic mass is 10.2. The van der Waals surface area contributed by atoms with Crippen molar-refractivity contribution in [3.8, 4) is 0 Å². The van der Waals surface area contributed by atoms with Gasteiger partial charge >= 0.3 is 5.88 Å². The van der Waals surface area contributed by atoms with Crippen LogP contribution < -0.4 is 10.00 Å². The van der Waals surface area contributed by atoms with E-state index in [0.29, 0.717) is 11.6 Å². The summed E-state index contributed by atoms with van der Waals surface area (Å²) in [6.45, 7) is 6.01. The summed E-state index contributed by atoms with van der Waals surface area (Å²) in [5, 5.41) is 6.51. The van der Waals surface area contributed by atoms with Gasteiger partial charge in [0.1, 0.15) is 0 Å². The molecule has 1 amide bonds. The highest BCUT2D eigenvalue weighted by Gasteiger charge is 2.16. The molecular formula is C14H18N3O2S+. The number of hydrogen-bond donors (Lipinski definition) is 1. The number of aromatic nitrogens is 2. The Morgan fingerprint density at radius 2 is 2.10 bits per heavy atom. The number of nitrogens with zero attached hydrogens (tertiary/aromatic N) is 2. The number of anilines is 1. The summed E-state index contributed by atoms with van der Waals surface area (Å²) in [4.78, 5) is 12.9. The Hall–Kier alpha value is -1.82. The zero-order valence-corrected chi connectivity index (χ0v) is 12.6. The van der Waals surface area contributed by atoms with Crippen LogP contribution in [-0.4, -0.2) is 16.9 Å². The fraction of sp³-hybridized carbons (Fsp3) is 0.357. The second kappa shape index (κ2) is 6.56. The van der Waals surface area contributed by atoms with E-state index in [1.807, 2.05) is 45.0 Å². The summed E-state index contributed by atoms with van der Waals surface area (Å²) < 4.78 is 6.69. The molecule has 1 N–H and O–H groups in total. The Labute approximate surface area is 122 Å². The third-order valence-corrected chi connectivity index (χ3v) is 3.68. The van der Waals surface area contributed by atoms with Crippen LogP contribution in [0.3, 0.4) is 0 Å². The van der Waals surface area contributed by atoms with Gasteiger partial charge in [0.2, 0.25) is 11.2 Å². The molecule has 2 aromatic rings. The second-order valence-corrected chi connectivity index (χ2v) is 5.84. The lowest BCUT2D eigenvalue weighted by Crippen LogP contribution is -2.36. The topological polar surface area (TPSA) is 59.0 Å². The van der Waals surface area contributed by atoms with Crippen LogP contribution >= 0.6 is 11.8 Å². The molecule has 0 radical (unpaired) electrons. The molecule has 0 bridgehead atoms. The highest BCUT2D eigenvalue weighted by Crippen LogP contribution is 2.18. The van der Waals surface area contributed by atoms with Gasteiger partial charge in [0.05, 0.1) is 5.75 Å². The molecule has 0 aliphatic heterocycles. The van der Waals surface area contributed by atoms with Crippen LogP contribution in [0.2, 0.25) is 0 Å². The SMILES string of the molecule is Cc1ccc(SCC(=O)Nc2c[n+](C(C)C)no2)cc1. The quantitative estimate of drug-likeness (QED) is 0.680. The van der Waals surface area contributed by atoms with Crippen LogP contribution in [0, 0.1) is 6.92 Å². The third-order valence-electron chi connectivity index (χ3n) is 2.67. The number of benzene rings is 1. The van der Waals surface area contributed by atoms with Crippen LogP contribution in [-0.2, 0) is 4.79 Å². The van der Waals surface area contributed by atoms with Crippen LogP contribution in [0.1, 0.15) is 25.5 Å². The van der Waals surface area contributed by atoms with Crippen LogP contribution in [0.4, 0.5) is 5.88 Å². The zero-order valence-electron chi connectivity index (χ0n) is 11.8. The average Bonchev–Trinajstić information content (AvgIpc) is 2.87. The average molecular weight is 292 g/mol. The van der Waals surface area contributed by atoms with E-state index in [2.05, 4.69) is 10.6 Å². The summed E-state index contributed by atoms with van der Waals surface area (Å²) >= 11 is 1.49. The van der Waals surface area contributed by atoms with E-state index in [1.165, 1.54) is 17.3 Å². The van der Waals surface area contributed by atoms with E-state index in [1.54, 1.807) is 10.9 Å². The molecule has 0 saturated heterocycles. The van der Waals surface area contributed by atoms with Gasteiger partial charge in [-0.3, -0.25) is 14.6 Å². The molecule has 5 nitrogen and oxygen atoms in total. The van der Waals surface area contributed by atoms with Gasteiger partial charge in [-0.25, -0.2) is 0 Å². The normalized spacial score (nSPS) is 10.8. The number of thioether (sulfide) groups is 1. The molecule has 0 aliphatic rings. The van der Waals surface area contributed by atoms with Crippen molar-refractivity contribution in [3.05, 3.63) is 36.0 Å². The van der Waals surface area contributed by atoms with E-state index < -0.39 is 0 Å². The maximum atomic E-state index is 11.8. The molecule has 2 rings (SSSR count). The fourth-order valence-electron chi connectivity index (χ4n) is 1.51. The predicted molar refractivity (Wildman–Crippen MR) is 77.6 cm³/mol. The number of carbonyl (C=O) groups is 1. The van der Waals surface area contributed by atoms with Crippen molar-refractivity contribution in [1.29, 1.82) is 0 Å². The standard InChI is InChI=1S/C14H17N3O2S/c1-10(2)17-8-14(19-16-17)15-13(18)9-20-12-6-4-11(3)5-7-12/h4-8,10H,9H2,1-3H3/p+1. The fourth-order valence-corrected chi connectivity index (χ4v) is 2.21. The van der Waals surface area contributed by atoms with Gasteiger partial charge in [0.15, 0.2) is 6.04 Å². The molecule has 1 heterocycles. The van der Waals surface area contributed by atoms with Crippen molar-refractivity contribution < 1.29 is 14.0 Å². The van der Waals surface area contributed by atoms with Crippen molar-refractivity contribution in [2.24, 2.45) is 0 Å². The summed E-state index contributed by atoms with van der Waals surface area (Å²) in [6.07, 6.45) is 1.68. The van der Waals surface area contributed by atoms with Crippen molar-refractivity contribution >= 4 is 23.6 Å². The highest BCUT2D eigenvalue weighted by atomic mass is 32.2. The van der Waals surface area contributed by atoms with Gasteiger partial charge in [-0.1, -0.05) is 17.7 Å². The maximum Gasteiger partial charge on any atom is 0.302 e. The van der Waals surface area contributed by atoms with Gasteiger partial charge in [-0.05, 0) is 37.6 Å². The van der Waals surface area contributed by atoms with Crippen LogP contribution in [0.5, 0.6) is 0 Å². The zero-order chi connectivity index (χ0) is 14.5. The molecule has 1 aromatic heterocycles. The minimum atomic E-state index is -0.109. The molecule has 1 aromatic carbocycles. The Balaban J connectivity index is 1.84. The lowest BCUT2D eigenvalue weighted by molar-refractivity contribution is -0.779. The number of nitrogens with one attached hydrogen (secondary N) is 1. The van der Waals surface area contributed by atoms with Crippen molar-refractivity contribution in [2.75, 3.05) is 11.1 Å². The first-order valence-electron chi connectivity index (χ1n) is 6.42. The third kappa shape index (κ3) is 4.09. The summed E-state index contributed by atoms with van der Waals surface area (Å²) in [7, 11) is 0. The monoisotopic (exact) mass is 292 g/mol. The first-order chi connectivity index (χ1) is 9.54. The largest absolute Gasteiger partial charge is 0.302 e. The molecule has 0 fully saturated rings. The molecule has 0 saturated carbocycles. The number of carbonyl (C=O) groups excluding carboxylic acids is 1. The molecule has 0 unspecified atom stereocenters. The van der Waals surface area contributed by atoms with E-state index in [0.717, 1.165) is 4.90 Å². The first kappa shape index (κ1) is 14.6. The maximum absolute atomic E-state index is 11.8.